The minimum absolute atomic E-state index is 0.116. The van der Waals surface area contributed by atoms with Crippen molar-refractivity contribution in [2.75, 3.05) is 26.2 Å². The monoisotopic (exact) mass is 340 g/mol. The van der Waals surface area contributed by atoms with Gasteiger partial charge in [-0.2, -0.15) is 5.26 Å². The summed E-state index contributed by atoms with van der Waals surface area (Å²) in [6, 6.07) is 9.26. The van der Waals surface area contributed by atoms with Crippen LogP contribution in [0, 0.1) is 11.3 Å². The summed E-state index contributed by atoms with van der Waals surface area (Å²) < 4.78 is 0. The molecule has 130 valence electrons. The van der Waals surface area contributed by atoms with Crippen LogP contribution in [0.4, 0.5) is 0 Å². The Morgan fingerprint density at radius 3 is 2.44 bits per heavy atom. The number of hydrogen-bond acceptors (Lipinski definition) is 4. The Morgan fingerprint density at radius 1 is 1.12 bits per heavy atom. The molecule has 1 saturated carbocycles. The minimum Gasteiger partial charge on any atom is -0.345 e. The molecule has 7 heteroatoms. The summed E-state index contributed by atoms with van der Waals surface area (Å²) in [6.45, 7) is 1.48. The molecule has 2 fully saturated rings. The maximum absolute atomic E-state index is 12.6. The van der Waals surface area contributed by atoms with Crippen LogP contribution in [0.25, 0.3) is 0 Å². The fraction of sp³-hybridized carbons (Fsp3) is 0.444. The lowest BCUT2D eigenvalue weighted by Gasteiger charge is -2.34. The van der Waals surface area contributed by atoms with E-state index in [1.165, 1.54) is 4.90 Å². The van der Waals surface area contributed by atoms with E-state index in [1.54, 1.807) is 23.1 Å². The molecule has 1 saturated heterocycles. The van der Waals surface area contributed by atoms with Crippen LogP contribution in [0.5, 0.6) is 0 Å². The number of nitrogens with zero attached hydrogens (tertiary/aromatic N) is 3. The Balaban J connectivity index is 1.55. The van der Waals surface area contributed by atoms with Crippen LogP contribution in [0.1, 0.15) is 28.8 Å². The van der Waals surface area contributed by atoms with Gasteiger partial charge in [-0.05, 0) is 30.5 Å². The summed E-state index contributed by atoms with van der Waals surface area (Å²) in [7, 11) is 0. The van der Waals surface area contributed by atoms with E-state index < -0.39 is 11.8 Å². The molecule has 1 aromatic rings. The second-order valence-corrected chi connectivity index (χ2v) is 6.37. The number of hydrogen-bond donors (Lipinski definition) is 1. The second kappa shape index (κ2) is 7.34. The summed E-state index contributed by atoms with van der Waals surface area (Å²) >= 11 is 0. The molecule has 1 aliphatic heterocycles. The summed E-state index contributed by atoms with van der Waals surface area (Å²) in [5.41, 5.74) is 1.35. The predicted molar refractivity (Wildman–Crippen MR) is 89.4 cm³/mol. The highest BCUT2D eigenvalue weighted by molar-refractivity contribution is 6.35. The number of rotatable bonds is 3. The van der Waals surface area contributed by atoms with E-state index >= 15 is 0 Å². The summed E-state index contributed by atoms with van der Waals surface area (Å²) in [5.74, 6) is -1.18. The van der Waals surface area contributed by atoms with Crippen LogP contribution in [0.15, 0.2) is 24.3 Å². The van der Waals surface area contributed by atoms with Crippen LogP contribution in [-0.2, 0) is 16.0 Å². The van der Waals surface area contributed by atoms with Gasteiger partial charge in [-0.15, -0.1) is 0 Å². The molecule has 0 unspecified atom stereocenters. The van der Waals surface area contributed by atoms with Gasteiger partial charge in [0, 0.05) is 37.8 Å². The predicted octanol–water partition coefficient (Wildman–Crippen LogP) is 0.316. The third kappa shape index (κ3) is 4.15. The average Bonchev–Trinajstić information content (AvgIpc) is 3.45. The Morgan fingerprint density at radius 2 is 1.80 bits per heavy atom. The van der Waals surface area contributed by atoms with Crippen LogP contribution in [0.2, 0.25) is 0 Å². The van der Waals surface area contributed by atoms with E-state index in [-0.39, 0.29) is 18.4 Å². The number of piperazine rings is 1. The van der Waals surface area contributed by atoms with Gasteiger partial charge in [-0.1, -0.05) is 12.1 Å². The molecule has 7 nitrogen and oxygen atoms in total. The smallest absolute Gasteiger partial charge is 0.312 e. The Bertz CT molecular complexity index is 728. The second-order valence-electron chi connectivity index (χ2n) is 6.37. The number of nitriles is 1. The van der Waals surface area contributed by atoms with Crippen LogP contribution >= 0.6 is 0 Å². The number of carbonyl (C=O) groups is 3. The third-order valence-electron chi connectivity index (χ3n) is 4.42. The topological polar surface area (TPSA) is 93.5 Å². The Kier molecular flexibility index (Phi) is 4.98. The van der Waals surface area contributed by atoms with Crippen molar-refractivity contribution in [3.05, 3.63) is 35.4 Å². The minimum atomic E-state index is -0.550. The first-order valence-electron chi connectivity index (χ1n) is 8.43. The highest BCUT2D eigenvalue weighted by Crippen LogP contribution is 2.18. The molecule has 0 radical (unpaired) electrons. The zero-order valence-corrected chi connectivity index (χ0v) is 13.9. The van der Waals surface area contributed by atoms with Crippen molar-refractivity contribution < 1.29 is 14.4 Å². The van der Waals surface area contributed by atoms with Crippen LogP contribution in [-0.4, -0.2) is 59.7 Å². The lowest BCUT2D eigenvalue weighted by atomic mass is 10.1. The standard InChI is InChI=1S/C18H20N4O3/c19-7-6-13-2-1-3-14(12-13)17(24)21-8-10-22(11-9-21)18(25)16(23)20-15-4-5-15/h1-3,12,15H,4-6,8-11H2,(H,20,23). The molecule has 0 spiro atoms. The summed E-state index contributed by atoms with van der Waals surface area (Å²) in [5, 5.41) is 11.5. The normalized spacial score (nSPS) is 16.9. The Hall–Kier alpha value is -2.88. The summed E-state index contributed by atoms with van der Waals surface area (Å²) in [4.78, 5) is 39.7. The van der Waals surface area contributed by atoms with Crippen LogP contribution < -0.4 is 5.32 Å². The van der Waals surface area contributed by atoms with Gasteiger partial charge in [-0.25, -0.2) is 0 Å². The molecule has 1 heterocycles. The van der Waals surface area contributed by atoms with E-state index in [2.05, 4.69) is 11.4 Å². The molecule has 0 atom stereocenters. The van der Waals surface area contributed by atoms with E-state index in [9.17, 15) is 14.4 Å². The molecule has 0 aromatic heterocycles. The van der Waals surface area contributed by atoms with Gasteiger partial charge in [-0.3, -0.25) is 14.4 Å². The molecule has 3 rings (SSSR count). The van der Waals surface area contributed by atoms with Gasteiger partial charge in [0.2, 0.25) is 0 Å². The Labute approximate surface area is 146 Å². The lowest BCUT2D eigenvalue weighted by Crippen LogP contribution is -2.54. The number of benzene rings is 1. The van der Waals surface area contributed by atoms with Crippen LogP contribution in [0.3, 0.4) is 0 Å². The first kappa shape index (κ1) is 17.0. The first-order valence-corrected chi connectivity index (χ1v) is 8.43. The van der Waals surface area contributed by atoms with Crippen molar-refractivity contribution >= 4 is 17.7 Å². The molecular weight excluding hydrogens is 320 g/mol. The van der Waals surface area contributed by atoms with Gasteiger partial charge in [0.15, 0.2) is 0 Å². The fourth-order valence-corrected chi connectivity index (χ4v) is 2.82. The lowest BCUT2D eigenvalue weighted by molar-refractivity contribution is -0.146. The highest BCUT2D eigenvalue weighted by Gasteiger charge is 2.31. The first-order chi connectivity index (χ1) is 12.1. The van der Waals surface area contributed by atoms with Crippen molar-refractivity contribution in [3.8, 4) is 6.07 Å². The zero-order valence-electron chi connectivity index (χ0n) is 13.9. The van der Waals surface area contributed by atoms with Crippen molar-refractivity contribution in [2.24, 2.45) is 0 Å². The molecule has 0 bridgehead atoms. The maximum atomic E-state index is 12.6. The van der Waals surface area contributed by atoms with E-state index in [0.29, 0.717) is 31.7 Å². The molecular formula is C18H20N4O3. The molecule has 2 aliphatic rings. The average molecular weight is 340 g/mol. The van der Waals surface area contributed by atoms with Gasteiger partial charge >= 0.3 is 11.8 Å². The van der Waals surface area contributed by atoms with Gasteiger partial charge < -0.3 is 15.1 Å². The van der Waals surface area contributed by atoms with E-state index in [0.717, 1.165) is 18.4 Å². The van der Waals surface area contributed by atoms with Crippen molar-refractivity contribution in [3.63, 3.8) is 0 Å². The maximum Gasteiger partial charge on any atom is 0.312 e. The van der Waals surface area contributed by atoms with Gasteiger partial charge in [0.1, 0.15) is 0 Å². The molecule has 1 aromatic carbocycles. The van der Waals surface area contributed by atoms with E-state index in [4.69, 9.17) is 5.26 Å². The number of amides is 3. The third-order valence-corrected chi connectivity index (χ3v) is 4.42. The van der Waals surface area contributed by atoms with E-state index in [1.807, 2.05) is 6.07 Å². The quantitative estimate of drug-likeness (QED) is 0.802. The van der Waals surface area contributed by atoms with Crippen molar-refractivity contribution in [1.29, 1.82) is 5.26 Å². The van der Waals surface area contributed by atoms with Crippen molar-refractivity contribution in [1.82, 2.24) is 15.1 Å². The highest BCUT2D eigenvalue weighted by atomic mass is 16.2. The number of nitrogens with one attached hydrogen (secondary N) is 1. The largest absolute Gasteiger partial charge is 0.345 e. The molecule has 3 amide bonds. The van der Waals surface area contributed by atoms with Gasteiger partial charge in [0.25, 0.3) is 5.91 Å². The molecule has 1 aliphatic carbocycles. The van der Waals surface area contributed by atoms with Gasteiger partial charge in [0.05, 0.1) is 12.5 Å². The zero-order chi connectivity index (χ0) is 17.8. The summed E-state index contributed by atoms with van der Waals surface area (Å²) in [6.07, 6.45) is 2.14. The fourth-order valence-electron chi connectivity index (χ4n) is 2.82. The molecule has 25 heavy (non-hydrogen) atoms. The number of carbonyl (C=O) groups excluding carboxylic acids is 3. The molecule has 1 N–H and O–H groups in total. The van der Waals surface area contributed by atoms with Crippen molar-refractivity contribution in [2.45, 2.75) is 25.3 Å². The SMILES string of the molecule is N#CCc1cccc(C(=O)N2CCN(C(=O)C(=O)NC3CC3)CC2)c1.